The van der Waals surface area contributed by atoms with Gasteiger partial charge in [-0.1, -0.05) is 42.5 Å². The third kappa shape index (κ3) is 4.40. The number of carbonyl (C=O) groups excluding carboxylic acids is 2. The minimum absolute atomic E-state index is 0.340. The van der Waals surface area contributed by atoms with Crippen molar-refractivity contribution in [3.05, 3.63) is 65.7 Å². The SMILES string of the molecule is CCn1nnnc1-c1cccc(C(=O)NC(Cc2ccccc2)C(=O)OC)c1. The van der Waals surface area contributed by atoms with Gasteiger partial charge in [-0.2, -0.15) is 0 Å². The van der Waals surface area contributed by atoms with E-state index in [1.165, 1.54) is 7.11 Å². The fourth-order valence-corrected chi connectivity index (χ4v) is 2.85. The van der Waals surface area contributed by atoms with Crippen LogP contribution in [0.1, 0.15) is 22.8 Å². The highest BCUT2D eigenvalue weighted by Gasteiger charge is 2.23. The van der Waals surface area contributed by atoms with Crippen LogP contribution in [0.2, 0.25) is 0 Å². The van der Waals surface area contributed by atoms with Gasteiger partial charge in [0.1, 0.15) is 6.04 Å². The predicted molar refractivity (Wildman–Crippen MR) is 102 cm³/mol. The summed E-state index contributed by atoms with van der Waals surface area (Å²) >= 11 is 0. The van der Waals surface area contributed by atoms with E-state index in [0.29, 0.717) is 24.4 Å². The lowest BCUT2D eigenvalue weighted by Crippen LogP contribution is -2.43. The molecule has 0 aliphatic rings. The molecule has 0 bridgehead atoms. The molecule has 1 amide bonds. The number of methoxy groups -OCH3 is 1. The Labute approximate surface area is 162 Å². The van der Waals surface area contributed by atoms with Crippen LogP contribution in [0, 0.1) is 0 Å². The first-order valence-electron chi connectivity index (χ1n) is 8.91. The first kappa shape index (κ1) is 19.2. The second kappa shape index (κ2) is 8.90. The van der Waals surface area contributed by atoms with Crippen LogP contribution < -0.4 is 5.32 Å². The maximum absolute atomic E-state index is 12.8. The molecule has 1 N–H and O–H groups in total. The molecule has 0 saturated carbocycles. The molecule has 144 valence electrons. The van der Waals surface area contributed by atoms with Crippen molar-refractivity contribution < 1.29 is 14.3 Å². The third-order valence-electron chi connectivity index (χ3n) is 4.29. The minimum atomic E-state index is -0.787. The molecule has 1 unspecified atom stereocenters. The zero-order valence-electron chi connectivity index (χ0n) is 15.7. The third-order valence-corrected chi connectivity index (χ3v) is 4.29. The van der Waals surface area contributed by atoms with Gasteiger partial charge in [0.05, 0.1) is 7.11 Å². The molecular weight excluding hydrogens is 358 g/mol. The lowest BCUT2D eigenvalue weighted by molar-refractivity contribution is -0.142. The minimum Gasteiger partial charge on any atom is -0.467 e. The molecule has 3 aromatic rings. The fraction of sp³-hybridized carbons (Fsp3) is 0.250. The van der Waals surface area contributed by atoms with Crippen molar-refractivity contribution in [2.24, 2.45) is 0 Å². The van der Waals surface area contributed by atoms with Crippen molar-refractivity contribution >= 4 is 11.9 Å². The molecule has 0 saturated heterocycles. The van der Waals surface area contributed by atoms with Crippen molar-refractivity contribution in [2.45, 2.75) is 25.9 Å². The number of carbonyl (C=O) groups is 2. The Balaban J connectivity index is 1.80. The van der Waals surface area contributed by atoms with E-state index < -0.39 is 12.0 Å². The van der Waals surface area contributed by atoms with Crippen molar-refractivity contribution in [2.75, 3.05) is 7.11 Å². The number of hydrogen-bond donors (Lipinski definition) is 1. The van der Waals surface area contributed by atoms with Crippen LogP contribution >= 0.6 is 0 Å². The smallest absolute Gasteiger partial charge is 0.328 e. The van der Waals surface area contributed by atoms with Gasteiger partial charge in [-0.25, -0.2) is 9.48 Å². The highest BCUT2D eigenvalue weighted by atomic mass is 16.5. The van der Waals surface area contributed by atoms with Gasteiger partial charge in [0.25, 0.3) is 5.91 Å². The summed E-state index contributed by atoms with van der Waals surface area (Å²) in [4.78, 5) is 24.9. The van der Waals surface area contributed by atoms with Gasteiger partial charge in [0.15, 0.2) is 5.82 Å². The summed E-state index contributed by atoms with van der Waals surface area (Å²) in [5.74, 6) is -0.294. The molecule has 0 aliphatic heterocycles. The summed E-state index contributed by atoms with van der Waals surface area (Å²) < 4.78 is 6.49. The molecule has 28 heavy (non-hydrogen) atoms. The van der Waals surface area contributed by atoms with Crippen molar-refractivity contribution in [3.8, 4) is 11.4 Å². The van der Waals surface area contributed by atoms with Crippen molar-refractivity contribution in [3.63, 3.8) is 0 Å². The second-order valence-electron chi connectivity index (χ2n) is 6.14. The maximum Gasteiger partial charge on any atom is 0.328 e. The molecule has 2 aromatic carbocycles. The van der Waals surface area contributed by atoms with Gasteiger partial charge < -0.3 is 10.1 Å². The quantitative estimate of drug-likeness (QED) is 0.629. The summed E-state index contributed by atoms with van der Waals surface area (Å²) in [6, 6.07) is 15.6. The van der Waals surface area contributed by atoms with Crippen LogP contribution in [-0.2, 0) is 22.5 Å². The molecule has 0 radical (unpaired) electrons. The molecule has 1 atom stereocenters. The number of nitrogens with zero attached hydrogens (tertiary/aromatic N) is 4. The van der Waals surface area contributed by atoms with Crippen LogP contribution in [-0.4, -0.2) is 45.2 Å². The summed E-state index contributed by atoms with van der Waals surface area (Å²) in [5.41, 5.74) is 2.05. The van der Waals surface area contributed by atoms with Crippen LogP contribution in [0.15, 0.2) is 54.6 Å². The molecule has 0 fully saturated rings. The lowest BCUT2D eigenvalue weighted by Gasteiger charge is -2.17. The molecule has 0 aliphatic carbocycles. The number of esters is 1. The van der Waals surface area contributed by atoms with Gasteiger partial charge in [0, 0.05) is 24.1 Å². The lowest BCUT2D eigenvalue weighted by atomic mass is 10.0. The Morgan fingerprint density at radius 2 is 1.93 bits per heavy atom. The molecule has 8 heteroatoms. The summed E-state index contributed by atoms with van der Waals surface area (Å²) in [7, 11) is 1.30. The summed E-state index contributed by atoms with van der Waals surface area (Å²) in [6.07, 6.45) is 0.340. The molecule has 0 spiro atoms. The van der Waals surface area contributed by atoms with E-state index in [-0.39, 0.29) is 5.91 Å². The molecule has 1 heterocycles. The van der Waals surface area contributed by atoms with E-state index in [1.54, 1.807) is 22.9 Å². The number of nitrogens with one attached hydrogen (secondary N) is 1. The maximum atomic E-state index is 12.8. The number of rotatable bonds is 7. The van der Waals surface area contributed by atoms with Crippen LogP contribution in [0.25, 0.3) is 11.4 Å². The van der Waals surface area contributed by atoms with E-state index >= 15 is 0 Å². The number of aryl methyl sites for hydroxylation is 1. The Morgan fingerprint density at radius 1 is 1.14 bits per heavy atom. The van der Waals surface area contributed by atoms with Crippen molar-refractivity contribution in [1.82, 2.24) is 25.5 Å². The topological polar surface area (TPSA) is 99.0 Å². The van der Waals surface area contributed by atoms with E-state index in [2.05, 4.69) is 20.8 Å². The number of hydrogen-bond acceptors (Lipinski definition) is 6. The monoisotopic (exact) mass is 379 g/mol. The number of amides is 1. The molecule has 8 nitrogen and oxygen atoms in total. The Hall–Kier alpha value is -3.55. The average Bonchev–Trinajstić information content (AvgIpc) is 3.22. The van der Waals surface area contributed by atoms with E-state index in [1.807, 2.05) is 43.3 Å². The van der Waals surface area contributed by atoms with Gasteiger partial charge >= 0.3 is 5.97 Å². The zero-order chi connectivity index (χ0) is 19.9. The van der Waals surface area contributed by atoms with Gasteiger partial charge in [0.2, 0.25) is 0 Å². The molecule has 1 aromatic heterocycles. The van der Waals surface area contributed by atoms with Crippen LogP contribution in [0.4, 0.5) is 0 Å². The van der Waals surface area contributed by atoms with Gasteiger partial charge in [-0.05, 0) is 35.0 Å². The van der Waals surface area contributed by atoms with Crippen LogP contribution in [0.3, 0.4) is 0 Å². The number of ether oxygens (including phenoxy) is 1. The number of tetrazole rings is 1. The Kier molecular flexibility index (Phi) is 6.11. The highest BCUT2D eigenvalue weighted by Crippen LogP contribution is 2.17. The van der Waals surface area contributed by atoms with Crippen molar-refractivity contribution in [1.29, 1.82) is 0 Å². The first-order valence-corrected chi connectivity index (χ1v) is 8.91. The number of benzene rings is 2. The zero-order valence-corrected chi connectivity index (χ0v) is 15.7. The van der Waals surface area contributed by atoms with Crippen LogP contribution in [0.5, 0.6) is 0 Å². The van der Waals surface area contributed by atoms with Gasteiger partial charge in [-0.3, -0.25) is 4.79 Å². The number of aromatic nitrogens is 4. The predicted octanol–water partition coefficient (Wildman–Crippen LogP) is 1.87. The molecule has 3 rings (SSSR count). The average molecular weight is 379 g/mol. The van der Waals surface area contributed by atoms with E-state index in [9.17, 15) is 9.59 Å². The fourth-order valence-electron chi connectivity index (χ4n) is 2.85. The Morgan fingerprint density at radius 3 is 2.64 bits per heavy atom. The van der Waals surface area contributed by atoms with E-state index in [0.717, 1.165) is 11.1 Å². The summed E-state index contributed by atoms with van der Waals surface area (Å²) in [5, 5.41) is 14.4. The standard InChI is InChI=1S/C20H21N5O3/c1-3-25-18(22-23-24-25)15-10-7-11-16(13-15)19(26)21-17(20(27)28-2)12-14-8-5-4-6-9-14/h4-11,13,17H,3,12H2,1-2H3,(H,21,26). The highest BCUT2D eigenvalue weighted by molar-refractivity contribution is 5.97. The molecular formula is C20H21N5O3. The second-order valence-corrected chi connectivity index (χ2v) is 6.14. The normalized spacial score (nSPS) is 11.6. The summed E-state index contributed by atoms with van der Waals surface area (Å²) in [6.45, 7) is 2.54. The first-order chi connectivity index (χ1) is 13.6. The largest absolute Gasteiger partial charge is 0.467 e. The Bertz CT molecular complexity index is 955. The van der Waals surface area contributed by atoms with E-state index in [4.69, 9.17) is 4.74 Å². The van der Waals surface area contributed by atoms with Gasteiger partial charge in [-0.15, -0.1) is 5.10 Å².